The Bertz CT molecular complexity index is 241. The lowest BCUT2D eigenvalue weighted by Crippen LogP contribution is -2.21. The first-order valence-electron chi connectivity index (χ1n) is 5.01. The lowest BCUT2D eigenvalue weighted by atomic mass is 10.3. The molecule has 13 heavy (non-hydrogen) atoms. The van der Waals surface area contributed by atoms with Crippen molar-refractivity contribution in [2.45, 2.75) is 33.6 Å². The van der Waals surface area contributed by atoms with Crippen LogP contribution in [0.3, 0.4) is 0 Å². The van der Waals surface area contributed by atoms with Crippen LogP contribution < -0.4 is 4.90 Å². The second-order valence-corrected chi connectivity index (χ2v) is 3.88. The minimum Gasteiger partial charge on any atom is -0.349 e. The summed E-state index contributed by atoms with van der Waals surface area (Å²) < 4.78 is 0. The molecule has 0 aliphatic rings. The van der Waals surface area contributed by atoms with E-state index in [4.69, 9.17) is 0 Å². The molecule has 1 rings (SSSR count). The molecule has 3 heteroatoms. The Morgan fingerprint density at radius 3 is 2.54 bits per heavy atom. The lowest BCUT2D eigenvalue weighted by Gasteiger charge is -2.16. The second kappa shape index (κ2) is 5.22. The van der Waals surface area contributed by atoms with E-state index in [1.807, 2.05) is 0 Å². The molecule has 0 saturated heterocycles. The molecule has 0 amide bonds. The number of hydrogen-bond acceptors (Lipinski definition) is 3. The first kappa shape index (κ1) is 10.5. The van der Waals surface area contributed by atoms with Crippen LogP contribution in [0.2, 0.25) is 0 Å². The zero-order chi connectivity index (χ0) is 9.68. The molecule has 0 saturated carbocycles. The molecule has 1 aromatic heterocycles. The third-order valence-electron chi connectivity index (χ3n) is 2.08. The van der Waals surface area contributed by atoms with Gasteiger partial charge >= 0.3 is 0 Å². The summed E-state index contributed by atoms with van der Waals surface area (Å²) in [6.07, 6.45) is 2.29. The molecular weight excluding hydrogens is 180 g/mol. The number of rotatable bonds is 5. The van der Waals surface area contributed by atoms with Crippen LogP contribution in [-0.2, 0) is 6.42 Å². The van der Waals surface area contributed by atoms with Crippen LogP contribution in [0, 0.1) is 0 Å². The number of aromatic nitrogens is 1. The third kappa shape index (κ3) is 2.69. The average Bonchev–Trinajstić information content (AvgIpc) is 2.56. The molecule has 2 nitrogen and oxygen atoms in total. The van der Waals surface area contributed by atoms with Crippen molar-refractivity contribution in [3.63, 3.8) is 0 Å². The molecule has 0 unspecified atom stereocenters. The number of aryl methyl sites for hydroxylation is 1. The number of nitrogens with zero attached hydrogens (tertiary/aromatic N) is 2. The third-order valence-corrected chi connectivity index (χ3v) is 3.03. The van der Waals surface area contributed by atoms with Gasteiger partial charge in [-0.2, -0.15) is 0 Å². The fourth-order valence-corrected chi connectivity index (χ4v) is 2.30. The fraction of sp³-hybridized carbons (Fsp3) is 0.700. The van der Waals surface area contributed by atoms with Crippen LogP contribution in [0.5, 0.6) is 0 Å². The van der Waals surface area contributed by atoms with E-state index in [2.05, 4.69) is 36.0 Å². The van der Waals surface area contributed by atoms with Crippen LogP contribution in [0.1, 0.15) is 32.9 Å². The molecule has 1 heterocycles. The van der Waals surface area contributed by atoms with Crippen LogP contribution in [-0.4, -0.2) is 18.1 Å². The van der Waals surface area contributed by atoms with Crippen molar-refractivity contribution in [3.05, 3.63) is 11.1 Å². The van der Waals surface area contributed by atoms with Crippen molar-refractivity contribution >= 4 is 16.5 Å². The zero-order valence-corrected chi connectivity index (χ0v) is 9.52. The van der Waals surface area contributed by atoms with E-state index < -0.39 is 0 Å². The average molecular weight is 198 g/mol. The van der Waals surface area contributed by atoms with Gasteiger partial charge in [-0.25, -0.2) is 4.98 Å². The highest BCUT2D eigenvalue weighted by Crippen LogP contribution is 2.20. The van der Waals surface area contributed by atoms with Crippen molar-refractivity contribution < 1.29 is 0 Å². The predicted octanol–water partition coefficient (Wildman–Crippen LogP) is 2.94. The monoisotopic (exact) mass is 198 g/mol. The summed E-state index contributed by atoms with van der Waals surface area (Å²) in [6.45, 7) is 8.64. The maximum atomic E-state index is 4.59. The quantitative estimate of drug-likeness (QED) is 0.723. The van der Waals surface area contributed by atoms with Gasteiger partial charge in [0, 0.05) is 18.5 Å². The molecule has 0 spiro atoms. The number of anilines is 1. The minimum atomic E-state index is 1.05. The van der Waals surface area contributed by atoms with Crippen LogP contribution >= 0.6 is 11.3 Å². The van der Waals surface area contributed by atoms with Crippen molar-refractivity contribution in [2.24, 2.45) is 0 Å². The van der Waals surface area contributed by atoms with E-state index in [9.17, 15) is 0 Å². The van der Waals surface area contributed by atoms with E-state index in [1.165, 1.54) is 17.2 Å². The Morgan fingerprint density at radius 2 is 2.00 bits per heavy atom. The Kier molecular flexibility index (Phi) is 4.22. The van der Waals surface area contributed by atoms with Gasteiger partial charge in [0.1, 0.15) is 0 Å². The Labute approximate surface area is 84.6 Å². The van der Waals surface area contributed by atoms with Gasteiger partial charge in [0.25, 0.3) is 0 Å². The fourth-order valence-electron chi connectivity index (χ4n) is 1.31. The minimum absolute atomic E-state index is 1.05. The molecule has 0 fully saturated rings. The molecule has 74 valence electrons. The smallest absolute Gasteiger partial charge is 0.185 e. The highest BCUT2D eigenvalue weighted by Gasteiger charge is 2.06. The van der Waals surface area contributed by atoms with Gasteiger partial charge < -0.3 is 4.90 Å². The molecule has 0 N–H and O–H groups in total. The van der Waals surface area contributed by atoms with Gasteiger partial charge in [0.2, 0.25) is 0 Å². The maximum absolute atomic E-state index is 4.59. The van der Waals surface area contributed by atoms with Crippen LogP contribution in [0.4, 0.5) is 5.13 Å². The molecule has 0 atom stereocenters. The van der Waals surface area contributed by atoms with Crippen molar-refractivity contribution in [2.75, 3.05) is 18.0 Å². The Hall–Kier alpha value is -0.570. The van der Waals surface area contributed by atoms with Crippen molar-refractivity contribution in [3.8, 4) is 0 Å². The standard InChI is InChI=1S/C10H18N2S/c1-4-7-9-8-13-10(11-9)12(5-2)6-3/h8H,4-7H2,1-3H3. The SMILES string of the molecule is CCCc1csc(N(CC)CC)n1. The van der Waals surface area contributed by atoms with E-state index in [0.717, 1.165) is 19.5 Å². The van der Waals surface area contributed by atoms with E-state index >= 15 is 0 Å². The summed E-state index contributed by atoms with van der Waals surface area (Å²) in [7, 11) is 0. The number of hydrogen-bond donors (Lipinski definition) is 0. The molecule has 0 aromatic carbocycles. The van der Waals surface area contributed by atoms with E-state index in [1.54, 1.807) is 11.3 Å². The maximum Gasteiger partial charge on any atom is 0.185 e. The first-order valence-corrected chi connectivity index (χ1v) is 5.89. The van der Waals surface area contributed by atoms with Gasteiger partial charge in [0.15, 0.2) is 5.13 Å². The molecular formula is C10H18N2S. The summed E-state index contributed by atoms with van der Waals surface area (Å²) in [5, 5.41) is 3.35. The highest BCUT2D eigenvalue weighted by molar-refractivity contribution is 7.13. The largest absolute Gasteiger partial charge is 0.349 e. The molecule has 0 bridgehead atoms. The lowest BCUT2D eigenvalue weighted by molar-refractivity contribution is 0.841. The zero-order valence-electron chi connectivity index (χ0n) is 8.71. The van der Waals surface area contributed by atoms with Gasteiger partial charge in [0.05, 0.1) is 5.69 Å². The van der Waals surface area contributed by atoms with E-state index in [-0.39, 0.29) is 0 Å². The summed E-state index contributed by atoms with van der Waals surface area (Å²) in [5.41, 5.74) is 1.24. The van der Waals surface area contributed by atoms with Gasteiger partial charge in [-0.05, 0) is 20.3 Å². The number of thiazole rings is 1. The normalized spacial score (nSPS) is 10.4. The topological polar surface area (TPSA) is 16.1 Å². The van der Waals surface area contributed by atoms with Crippen LogP contribution in [0.25, 0.3) is 0 Å². The summed E-state index contributed by atoms with van der Waals surface area (Å²) in [5.74, 6) is 0. The Morgan fingerprint density at radius 1 is 1.31 bits per heavy atom. The molecule has 0 aliphatic heterocycles. The van der Waals surface area contributed by atoms with Crippen molar-refractivity contribution in [1.82, 2.24) is 4.98 Å². The molecule has 1 aromatic rings. The highest BCUT2D eigenvalue weighted by atomic mass is 32.1. The van der Waals surface area contributed by atoms with Gasteiger partial charge in [-0.3, -0.25) is 0 Å². The van der Waals surface area contributed by atoms with Gasteiger partial charge in [-0.1, -0.05) is 13.3 Å². The molecule has 0 radical (unpaired) electrons. The first-order chi connectivity index (χ1) is 6.31. The van der Waals surface area contributed by atoms with E-state index in [0.29, 0.717) is 0 Å². The molecule has 0 aliphatic carbocycles. The summed E-state index contributed by atoms with van der Waals surface area (Å²) in [6, 6.07) is 0. The van der Waals surface area contributed by atoms with Crippen molar-refractivity contribution in [1.29, 1.82) is 0 Å². The predicted molar refractivity (Wildman–Crippen MR) is 59.7 cm³/mol. The summed E-state index contributed by atoms with van der Waals surface area (Å²) in [4.78, 5) is 6.88. The Balaban J connectivity index is 2.66. The second-order valence-electron chi connectivity index (χ2n) is 3.04. The summed E-state index contributed by atoms with van der Waals surface area (Å²) >= 11 is 1.76. The van der Waals surface area contributed by atoms with Gasteiger partial charge in [-0.15, -0.1) is 11.3 Å². The van der Waals surface area contributed by atoms with Crippen LogP contribution in [0.15, 0.2) is 5.38 Å².